The maximum atomic E-state index is 15.2. The zero-order chi connectivity index (χ0) is 25.6. The summed E-state index contributed by atoms with van der Waals surface area (Å²) >= 11 is 7.00. The number of nitrogens with one attached hydrogen (secondary N) is 1. The second kappa shape index (κ2) is 9.08. The predicted octanol–water partition coefficient (Wildman–Crippen LogP) is 5.44. The van der Waals surface area contributed by atoms with E-state index < -0.39 is 11.4 Å². The number of carbonyl (C=O) groups excluding carboxylic acids is 2. The minimum absolute atomic E-state index is 0.0234. The lowest BCUT2D eigenvalue weighted by Crippen LogP contribution is -2.55. The number of hydrogen-bond donors (Lipinski definition) is 1. The summed E-state index contributed by atoms with van der Waals surface area (Å²) in [5.41, 5.74) is 4.09. The SMILES string of the molecule is [C-]#[N+]c1ccc(N2C(=O)C3(CCC3)N(c3ccc(CNC(=O)c4scnc4C)c(F)c3)C2=S)cc1C. The largest absolute Gasteiger partial charge is 0.347 e. The number of aryl methyl sites for hydroxylation is 2. The number of thiazole rings is 1. The molecule has 1 spiro atoms. The minimum Gasteiger partial charge on any atom is -0.347 e. The molecule has 182 valence electrons. The molecule has 5 rings (SSSR count). The average molecular weight is 520 g/mol. The maximum absolute atomic E-state index is 15.2. The van der Waals surface area contributed by atoms with Crippen molar-refractivity contribution in [2.24, 2.45) is 0 Å². The van der Waals surface area contributed by atoms with Crippen LogP contribution in [-0.2, 0) is 11.3 Å². The zero-order valence-corrected chi connectivity index (χ0v) is 21.3. The smallest absolute Gasteiger partial charge is 0.263 e. The van der Waals surface area contributed by atoms with Crippen LogP contribution in [0.4, 0.5) is 21.5 Å². The van der Waals surface area contributed by atoms with E-state index in [1.807, 2.05) is 6.92 Å². The summed E-state index contributed by atoms with van der Waals surface area (Å²) in [6, 6.07) is 9.90. The van der Waals surface area contributed by atoms with Gasteiger partial charge in [0, 0.05) is 23.5 Å². The van der Waals surface area contributed by atoms with Crippen LogP contribution in [0.15, 0.2) is 41.9 Å². The van der Waals surface area contributed by atoms with Gasteiger partial charge >= 0.3 is 0 Å². The first-order chi connectivity index (χ1) is 17.3. The molecule has 2 heterocycles. The molecule has 0 atom stereocenters. The fourth-order valence-electron chi connectivity index (χ4n) is 4.71. The molecule has 0 unspecified atom stereocenters. The third-order valence-corrected chi connectivity index (χ3v) is 8.13. The molecule has 10 heteroatoms. The van der Waals surface area contributed by atoms with Crippen molar-refractivity contribution in [3.8, 4) is 0 Å². The fourth-order valence-corrected chi connectivity index (χ4v) is 5.89. The Morgan fingerprint density at radius 1 is 1.25 bits per heavy atom. The van der Waals surface area contributed by atoms with Crippen molar-refractivity contribution >= 4 is 57.5 Å². The topological polar surface area (TPSA) is 69.9 Å². The number of aromatic nitrogens is 1. The Balaban J connectivity index is 1.42. The summed E-state index contributed by atoms with van der Waals surface area (Å²) in [5.74, 6) is -0.923. The Labute approximate surface area is 217 Å². The van der Waals surface area contributed by atoms with E-state index in [1.165, 1.54) is 22.3 Å². The first-order valence-electron chi connectivity index (χ1n) is 11.4. The molecule has 3 aromatic rings. The third-order valence-electron chi connectivity index (χ3n) is 6.84. The van der Waals surface area contributed by atoms with Gasteiger partial charge in [0.1, 0.15) is 16.2 Å². The molecule has 2 amide bonds. The highest BCUT2D eigenvalue weighted by Crippen LogP contribution is 2.48. The molecule has 7 nitrogen and oxygen atoms in total. The van der Waals surface area contributed by atoms with Crippen molar-refractivity contribution < 1.29 is 14.0 Å². The zero-order valence-electron chi connectivity index (χ0n) is 19.7. The number of carbonyl (C=O) groups is 2. The van der Waals surface area contributed by atoms with Crippen molar-refractivity contribution in [1.82, 2.24) is 10.3 Å². The lowest BCUT2D eigenvalue weighted by Gasteiger charge is -2.43. The number of benzene rings is 2. The molecule has 2 aromatic carbocycles. The predicted molar refractivity (Wildman–Crippen MR) is 141 cm³/mol. The van der Waals surface area contributed by atoms with Crippen LogP contribution in [0.3, 0.4) is 0 Å². The number of hydrogen-bond acceptors (Lipinski definition) is 5. The maximum Gasteiger partial charge on any atom is 0.263 e. The molecule has 1 aliphatic carbocycles. The van der Waals surface area contributed by atoms with Gasteiger partial charge in [0.2, 0.25) is 0 Å². The quantitative estimate of drug-likeness (QED) is 0.359. The van der Waals surface area contributed by atoms with Crippen molar-refractivity contribution in [2.75, 3.05) is 9.80 Å². The van der Waals surface area contributed by atoms with Crippen molar-refractivity contribution in [1.29, 1.82) is 0 Å². The van der Waals surface area contributed by atoms with Gasteiger partial charge in [0.05, 0.1) is 17.8 Å². The van der Waals surface area contributed by atoms with Crippen LogP contribution >= 0.6 is 23.6 Å². The van der Waals surface area contributed by atoms with Gasteiger partial charge < -0.3 is 10.2 Å². The molecule has 1 saturated heterocycles. The number of anilines is 2. The van der Waals surface area contributed by atoms with E-state index in [2.05, 4.69) is 15.1 Å². The molecule has 1 saturated carbocycles. The van der Waals surface area contributed by atoms with Crippen molar-refractivity contribution in [3.63, 3.8) is 0 Å². The highest BCUT2D eigenvalue weighted by atomic mass is 32.1. The highest BCUT2D eigenvalue weighted by molar-refractivity contribution is 7.81. The van der Waals surface area contributed by atoms with E-state index in [-0.39, 0.29) is 23.5 Å². The monoisotopic (exact) mass is 519 g/mol. The summed E-state index contributed by atoms with van der Waals surface area (Å²) < 4.78 is 15.2. The number of nitrogens with zero attached hydrogens (tertiary/aromatic N) is 4. The van der Waals surface area contributed by atoms with Gasteiger partial charge in [-0.2, -0.15) is 0 Å². The fraction of sp³-hybridized carbons (Fsp3) is 0.269. The van der Waals surface area contributed by atoms with Gasteiger partial charge in [-0.15, -0.1) is 11.3 Å². The van der Waals surface area contributed by atoms with Gasteiger partial charge in [-0.25, -0.2) is 14.2 Å². The van der Waals surface area contributed by atoms with E-state index in [9.17, 15) is 9.59 Å². The summed E-state index contributed by atoms with van der Waals surface area (Å²) in [6.07, 6.45) is 2.11. The molecule has 0 radical (unpaired) electrons. The van der Waals surface area contributed by atoms with Crippen LogP contribution in [0.1, 0.15) is 45.8 Å². The van der Waals surface area contributed by atoms with E-state index in [4.69, 9.17) is 18.8 Å². The Morgan fingerprint density at radius 2 is 2.00 bits per heavy atom. The normalized spacial score (nSPS) is 16.3. The van der Waals surface area contributed by atoms with Gasteiger partial charge in [0.25, 0.3) is 11.8 Å². The summed E-state index contributed by atoms with van der Waals surface area (Å²) in [6.45, 7) is 10.9. The Kier molecular flexibility index (Phi) is 6.06. The molecular weight excluding hydrogens is 497 g/mol. The van der Waals surface area contributed by atoms with Gasteiger partial charge in [-0.1, -0.05) is 12.1 Å². The summed E-state index contributed by atoms with van der Waals surface area (Å²) in [5, 5.41) is 3.03. The van der Waals surface area contributed by atoms with Crippen molar-refractivity contribution in [3.05, 3.63) is 80.8 Å². The Morgan fingerprint density at radius 3 is 2.58 bits per heavy atom. The number of halogens is 1. The number of thiocarbonyl (C=S) groups is 1. The van der Waals surface area contributed by atoms with E-state index >= 15 is 4.39 Å². The van der Waals surface area contributed by atoms with E-state index in [0.29, 0.717) is 46.0 Å². The van der Waals surface area contributed by atoms with Crippen LogP contribution in [0.25, 0.3) is 4.85 Å². The molecule has 2 fully saturated rings. The van der Waals surface area contributed by atoms with Crippen LogP contribution in [0.2, 0.25) is 0 Å². The van der Waals surface area contributed by atoms with Crippen LogP contribution in [0.5, 0.6) is 0 Å². The van der Waals surface area contributed by atoms with Gasteiger partial charge in [-0.3, -0.25) is 14.5 Å². The lowest BCUT2D eigenvalue weighted by atomic mass is 9.75. The molecule has 2 aliphatic rings. The van der Waals surface area contributed by atoms with Gasteiger partial charge in [-0.05, 0) is 75.2 Å². The second-order valence-electron chi connectivity index (χ2n) is 8.95. The van der Waals surface area contributed by atoms with Crippen LogP contribution in [-0.4, -0.2) is 27.4 Å². The number of amides is 2. The van der Waals surface area contributed by atoms with E-state index in [0.717, 1.165) is 12.0 Å². The summed E-state index contributed by atoms with van der Waals surface area (Å²) in [4.78, 5) is 37.3. The highest BCUT2D eigenvalue weighted by Gasteiger charge is 2.59. The van der Waals surface area contributed by atoms with Crippen LogP contribution < -0.4 is 15.1 Å². The lowest BCUT2D eigenvalue weighted by molar-refractivity contribution is -0.123. The third kappa shape index (κ3) is 3.75. The van der Waals surface area contributed by atoms with Gasteiger partial charge in [0.15, 0.2) is 10.8 Å². The molecular formula is C26H22FN5O2S2. The molecule has 1 aromatic heterocycles. The molecule has 1 aliphatic heterocycles. The minimum atomic E-state index is -0.838. The Bertz CT molecular complexity index is 1460. The Hall–Kier alpha value is -3.68. The van der Waals surface area contributed by atoms with Crippen molar-refractivity contribution in [2.45, 2.75) is 45.2 Å². The molecule has 1 N–H and O–H groups in total. The molecule has 0 bridgehead atoms. The first kappa shape index (κ1) is 24.0. The second-order valence-corrected chi connectivity index (χ2v) is 10.2. The summed E-state index contributed by atoms with van der Waals surface area (Å²) in [7, 11) is 0. The molecule has 36 heavy (non-hydrogen) atoms. The first-order valence-corrected chi connectivity index (χ1v) is 12.7. The standard InChI is InChI=1S/C26H22FN5O2S2/c1-15-11-18(7-8-21(15)28-3)31-24(34)26(9-4-10-26)32(25(31)35)19-6-5-17(20(27)12-19)13-29-23(33)22-16(2)30-14-36-22/h5-8,11-12,14H,4,9-10,13H2,1-2H3,(H,29,33). The average Bonchev–Trinajstić information content (AvgIpc) is 3.35. The van der Waals surface area contributed by atoms with E-state index in [1.54, 1.807) is 47.7 Å². The van der Waals surface area contributed by atoms with Crippen LogP contribution in [0, 0.1) is 26.2 Å². The number of rotatable bonds is 5.